The number of esters is 1. The Morgan fingerprint density at radius 1 is 1.43 bits per heavy atom. The van der Waals surface area contributed by atoms with Gasteiger partial charge < -0.3 is 10.5 Å². The third-order valence-electron chi connectivity index (χ3n) is 2.35. The van der Waals surface area contributed by atoms with Crippen molar-refractivity contribution >= 4 is 40.0 Å². The lowest BCUT2D eigenvalue weighted by atomic mass is 10.1. The lowest BCUT2D eigenvalue weighted by Gasteiger charge is -2.19. The average Bonchev–Trinajstić information content (AvgIpc) is 2.34. The van der Waals surface area contributed by atoms with Gasteiger partial charge in [-0.15, -0.1) is 12.4 Å². The summed E-state index contributed by atoms with van der Waals surface area (Å²) in [4.78, 5) is 11.4. The van der Waals surface area contributed by atoms with Gasteiger partial charge in [-0.1, -0.05) is 11.6 Å². The number of sulfonamides is 1. The molecule has 0 saturated heterocycles. The van der Waals surface area contributed by atoms with E-state index in [0.29, 0.717) is 0 Å². The number of ether oxygens (including phenoxy) is 1. The predicted molar refractivity (Wildman–Crippen MR) is 83.5 cm³/mol. The topological polar surface area (TPSA) is 98.5 Å². The molecule has 0 amide bonds. The first-order valence-corrected chi connectivity index (χ1v) is 7.59. The minimum atomic E-state index is -3.89. The van der Waals surface area contributed by atoms with Crippen molar-refractivity contribution in [1.82, 2.24) is 4.72 Å². The highest BCUT2D eigenvalue weighted by Crippen LogP contribution is 2.21. The SMILES string of the molecule is COC(=O)c1cc(Cl)ccc1S(=O)(=O)NCC(C)(C)N.Cl. The van der Waals surface area contributed by atoms with Crippen LogP contribution >= 0.6 is 24.0 Å². The Balaban J connectivity index is 0.00000400. The molecule has 0 radical (unpaired) electrons. The van der Waals surface area contributed by atoms with Gasteiger partial charge in [0.2, 0.25) is 10.0 Å². The molecule has 0 unspecified atom stereocenters. The summed E-state index contributed by atoms with van der Waals surface area (Å²) in [5.41, 5.74) is 4.89. The number of hydrogen-bond acceptors (Lipinski definition) is 5. The van der Waals surface area contributed by atoms with Crippen molar-refractivity contribution in [2.45, 2.75) is 24.3 Å². The minimum Gasteiger partial charge on any atom is -0.465 e. The van der Waals surface area contributed by atoms with Crippen LogP contribution < -0.4 is 10.5 Å². The molecule has 0 aliphatic carbocycles. The Morgan fingerprint density at radius 3 is 2.48 bits per heavy atom. The molecule has 0 atom stereocenters. The number of nitrogens with two attached hydrogens (primary N) is 1. The maximum atomic E-state index is 12.2. The van der Waals surface area contributed by atoms with Crippen molar-refractivity contribution in [2.75, 3.05) is 13.7 Å². The third-order valence-corrected chi connectivity index (χ3v) is 4.05. The number of nitrogens with one attached hydrogen (secondary N) is 1. The van der Waals surface area contributed by atoms with E-state index in [9.17, 15) is 13.2 Å². The maximum Gasteiger partial charge on any atom is 0.339 e. The summed E-state index contributed by atoms with van der Waals surface area (Å²) >= 11 is 5.77. The average molecular weight is 357 g/mol. The molecule has 0 bridgehead atoms. The number of methoxy groups -OCH3 is 1. The monoisotopic (exact) mass is 356 g/mol. The van der Waals surface area contributed by atoms with Crippen molar-refractivity contribution in [3.63, 3.8) is 0 Å². The van der Waals surface area contributed by atoms with Crippen LogP contribution in [-0.2, 0) is 14.8 Å². The van der Waals surface area contributed by atoms with Gasteiger partial charge in [-0.05, 0) is 32.0 Å². The highest BCUT2D eigenvalue weighted by atomic mass is 35.5. The third kappa shape index (κ3) is 5.80. The summed E-state index contributed by atoms with van der Waals surface area (Å²) in [5.74, 6) is -0.778. The van der Waals surface area contributed by atoms with Crippen LogP contribution in [0.25, 0.3) is 0 Å². The van der Waals surface area contributed by atoms with Gasteiger partial charge >= 0.3 is 5.97 Å². The first-order chi connectivity index (χ1) is 9.07. The Hall–Kier alpha value is -0.860. The number of hydrogen-bond donors (Lipinski definition) is 2. The van der Waals surface area contributed by atoms with Crippen LogP contribution in [0.4, 0.5) is 0 Å². The summed E-state index contributed by atoms with van der Waals surface area (Å²) < 4.78 is 31.3. The second kappa shape index (κ2) is 7.42. The Labute approximate surface area is 135 Å². The van der Waals surface area contributed by atoms with E-state index in [-0.39, 0.29) is 34.4 Å². The number of rotatable bonds is 5. The van der Waals surface area contributed by atoms with Crippen LogP contribution in [-0.4, -0.2) is 33.6 Å². The molecule has 0 aliphatic rings. The van der Waals surface area contributed by atoms with Crippen molar-refractivity contribution in [2.24, 2.45) is 5.73 Å². The number of benzene rings is 1. The van der Waals surface area contributed by atoms with E-state index in [1.165, 1.54) is 18.2 Å². The van der Waals surface area contributed by atoms with E-state index in [4.69, 9.17) is 17.3 Å². The Morgan fingerprint density at radius 2 is 2.00 bits per heavy atom. The molecule has 0 aliphatic heterocycles. The lowest BCUT2D eigenvalue weighted by Crippen LogP contribution is -2.45. The molecule has 0 fully saturated rings. The number of halogens is 2. The fourth-order valence-corrected chi connectivity index (χ4v) is 2.93. The summed E-state index contributed by atoms with van der Waals surface area (Å²) in [7, 11) is -2.72. The summed E-state index contributed by atoms with van der Waals surface area (Å²) in [6.07, 6.45) is 0. The maximum absolute atomic E-state index is 12.2. The fourth-order valence-electron chi connectivity index (χ4n) is 1.36. The molecule has 0 saturated carbocycles. The van der Waals surface area contributed by atoms with Gasteiger partial charge in [0.1, 0.15) is 0 Å². The molecule has 0 spiro atoms. The standard InChI is InChI=1S/C12H17ClN2O4S.ClH/c1-12(2,14)7-15-20(17,18)10-5-4-8(13)6-9(10)11(16)19-3;/h4-6,15H,7,14H2,1-3H3;1H. The zero-order valence-corrected chi connectivity index (χ0v) is 14.2. The van der Waals surface area contributed by atoms with Crippen LogP contribution in [0, 0.1) is 0 Å². The molecular formula is C12H18Cl2N2O4S. The lowest BCUT2D eigenvalue weighted by molar-refractivity contribution is 0.0596. The first-order valence-electron chi connectivity index (χ1n) is 5.73. The van der Waals surface area contributed by atoms with Crippen LogP contribution in [0.3, 0.4) is 0 Å². The van der Waals surface area contributed by atoms with E-state index in [1.807, 2.05) is 0 Å². The second-order valence-electron chi connectivity index (χ2n) is 4.95. The zero-order valence-electron chi connectivity index (χ0n) is 11.8. The quantitative estimate of drug-likeness (QED) is 0.780. The van der Waals surface area contributed by atoms with Crippen LogP contribution in [0.15, 0.2) is 23.1 Å². The molecule has 3 N–H and O–H groups in total. The summed E-state index contributed by atoms with van der Waals surface area (Å²) in [6, 6.07) is 3.88. The van der Waals surface area contributed by atoms with Gasteiger partial charge in [-0.2, -0.15) is 0 Å². The predicted octanol–water partition coefficient (Wildman–Crippen LogP) is 1.56. The minimum absolute atomic E-state index is 0. The highest BCUT2D eigenvalue weighted by Gasteiger charge is 2.25. The van der Waals surface area contributed by atoms with Crippen LogP contribution in [0.2, 0.25) is 5.02 Å². The van der Waals surface area contributed by atoms with Gasteiger partial charge in [-0.3, -0.25) is 0 Å². The van der Waals surface area contributed by atoms with Crippen molar-refractivity contribution in [3.05, 3.63) is 28.8 Å². The van der Waals surface area contributed by atoms with Crippen molar-refractivity contribution in [1.29, 1.82) is 0 Å². The number of carbonyl (C=O) groups is 1. The van der Waals surface area contributed by atoms with E-state index in [1.54, 1.807) is 13.8 Å². The molecule has 120 valence electrons. The highest BCUT2D eigenvalue weighted by molar-refractivity contribution is 7.89. The van der Waals surface area contributed by atoms with Crippen LogP contribution in [0.5, 0.6) is 0 Å². The Kier molecular flexibility index (Phi) is 7.11. The molecule has 0 heterocycles. The smallest absolute Gasteiger partial charge is 0.339 e. The summed E-state index contributed by atoms with van der Waals surface area (Å²) in [6.45, 7) is 3.38. The van der Waals surface area contributed by atoms with E-state index in [0.717, 1.165) is 7.11 Å². The summed E-state index contributed by atoms with van der Waals surface area (Å²) in [5, 5.41) is 0.239. The normalized spacial score (nSPS) is 11.7. The molecule has 1 aromatic rings. The van der Waals surface area contributed by atoms with Gasteiger partial charge in [0.15, 0.2) is 0 Å². The molecule has 9 heteroatoms. The van der Waals surface area contributed by atoms with Gasteiger partial charge in [0, 0.05) is 17.1 Å². The molecule has 21 heavy (non-hydrogen) atoms. The molecule has 1 rings (SSSR count). The van der Waals surface area contributed by atoms with Crippen molar-refractivity contribution in [3.8, 4) is 0 Å². The van der Waals surface area contributed by atoms with Crippen LogP contribution in [0.1, 0.15) is 24.2 Å². The molecular weight excluding hydrogens is 339 g/mol. The van der Waals surface area contributed by atoms with E-state index >= 15 is 0 Å². The Bertz CT molecular complexity index is 612. The fraction of sp³-hybridized carbons (Fsp3) is 0.417. The first kappa shape index (κ1) is 20.1. The zero-order chi connectivity index (χ0) is 15.6. The van der Waals surface area contributed by atoms with Gasteiger partial charge in [0.25, 0.3) is 0 Å². The molecule has 1 aromatic carbocycles. The number of carbonyl (C=O) groups excluding carboxylic acids is 1. The molecule has 0 aromatic heterocycles. The second-order valence-corrected chi connectivity index (χ2v) is 7.12. The van der Waals surface area contributed by atoms with Gasteiger partial charge in [-0.25, -0.2) is 17.9 Å². The largest absolute Gasteiger partial charge is 0.465 e. The van der Waals surface area contributed by atoms with E-state index in [2.05, 4.69) is 9.46 Å². The molecule has 6 nitrogen and oxygen atoms in total. The van der Waals surface area contributed by atoms with Gasteiger partial charge in [0.05, 0.1) is 17.6 Å². The van der Waals surface area contributed by atoms with E-state index < -0.39 is 21.5 Å². The van der Waals surface area contributed by atoms with Crippen molar-refractivity contribution < 1.29 is 17.9 Å².